The summed E-state index contributed by atoms with van der Waals surface area (Å²) in [6.45, 7) is 35.8. The molecule has 628 valence electrons. The van der Waals surface area contributed by atoms with Crippen LogP contribution in [-0.4, -0.2) is 239 Å². The smallest absolute Gasteiger partial charge is 0.352 e. The number of carboxylic acids is 1. The lowest BCUT2D eigenvalue weighted by Gasteiger charge is -2.20. The minimum absolute atomic E-state index is 0.0348. The highest BCUT2D eigenvalue weighted by Gasteiger charge is 2.36. The van der Waals surface area contributed by atoms with Crippen LogP contribution in [0, 0.1) is 27.7 Å². The maximum atomic E-state index is 13.1. The van der Waals surface area contributed by atoms with Crippen LogP contribution in [0.4, 0.5) is 11.4 Å². The van der Waals surface area contributed by atoms with Crippen LogP contribution in [0.15, 0.2) is 36.4 Å². The second kappa shape index (κ2) is 44.2. The number of benzene rings is 2. The Morgan fingerprint density at radius 3 is 1.01 bits per heavy atom. The van der Waals surface area contributed by atoms with Gasteiger partial charge in [0.2, 0.25) is 0 Å². The fourth-order valence-electron chi connectivity index (χ4n) is 10.8. The molecule has 8 N–H and O–H groups in total. The first-order chi connectivity index (χ1) is 53.9. The van der Waals surface area contributed by atoms with Gasteiger partial charge in [-0.05, 0) is 183 Å². The molecule has 0 saturated carbocycles. The third-order valence-corrected chi connectivity index (χ3v) is 17.3. The number of hydrogen-bond acceptors (Lipinski definition) is 30. The number of fused-ring (bicyclic) bond motifs is 2. The predicted octanol–water partition coefficient (Wildman–Crippen LogP) is 5.43. The molecule has 0 fully saturated rings. The number of likely N-dealkylation sites (N-methyl/N-ethyl adjacent to an activating group) is 2. The molecule has 37 heteroatoms. The molecule has 2 aromatic heterocycles. The van der Waals surface area contributed by atoms with Crippen molar-refractivity contribution in [2.24, 2.45) is 0 Å². The lowest BCUT2D eigenvalue weighted by atomic mass is 10.0. The summed E-state index contributed by atoms with van der Waals surface area (Å²) in [6.07, 6.45) is -11.0. The molecule has 0 radical (unpaired) electrons. The number of phenols is 1. The Balaban J connectivity index is 0.000000402. The molecule has 4 amide bonds. The minimum atomic E-state index is -1.54. The number of aryl methyl sites for hydroxylation is 2. The van der Waals surface area contributed by atoms with Gasteiger partial charge in [0.1, 0.15) is 11.5 Å². The van der Waals surface area contributed by atoms with Crippen LogP contribution >= 0.6 is 0 Å². The van der Waals surface area contributed by atoms with Gasteiger partial charge in [-0.2, -0.15) is 0 Å². The Morgan fingerprint density at radius 1 is 0.417 bits per heavy atom. The molecule has 4 aromatic rings. The SMILES string of the molecule is CC(=O)O[C@@H](C)C(=O)O[C@H](C)C(=O)O[C@H](C)C(=O)O[C@H](C)C(=O)O[C@H](C)C(=O)O.CCN(CC)CCNC(=O)c1c(C)[nH]c(/C=C2\C(=O)Nc3ccc(O)cc32)c1C.CCN(CC)CCNC(=O)c1c(C)[nH]c(/C=C2\C(=O)Nc3ccc(OC(=O)[C@H](C)OC(=O)[C@H](C)OC(=O)[C@H](C)OC(=O)[C@H](C)OC(=O)[C@H](C)OC(C)=O)cc32)c1C. The topological polar surface area (TPSA) is 501 Å². The van der Waals surface area contributed by atoms with Crippen molar-refractivity contribution in [2.75, 3.05) is 63.0 Å². The van der Waals surface area contributed by atoms with E-state index < -0.39 is 139 Å². The van der Waals surface area contributed by atoms with E-state index in [0.717, 1.165) is 85.5 Å². The van der Waals surface area contributed by atoms with Crippen molar-refractivity contribution in [3.05, 3.63) is 92.6 Å². The highest BCUT2D eigenvalue weighted by Crippen LogP contribution is 2.38. The van der Waals surface area contributed by atoms with Crippen molar-refractivity contribution in [1.29, 1.82) is 0 Å². The highest BCUT2D eigenvalue weighted by atomic mass is 16.7. The second-order valence-corrected chi connectivity index (χ2v) is 26.3. The van der Waals surface area contributed by atoms with Crippen LogP contribution in [0.3, 0.4) is 0 Å². The largest absolute Gasteiger partial charge is 0.508 e. The molecule has 2 aromatic carbocycles. The summed E-state index contributed by atoms with van der Waals surface area (Å²) in [4.78, 5) is 204. The first-order valence-electron chi connectivity index (χ1n) is 36.7. The molecule has 0 aliphatic carbocycles. The van der Waals surface area contributed by atoms with E-state index in [1.165, 1.54) is 59.7 Å². The average Bonchev–Trinajstić information content (AvgIpc) is 1.64. The summed E-state index contributed by atoms with van der Waals surface area (Å²) in [7, 11) is 0. The molecular weight excluding hydrogens is 1510 g/mol. The molecule has 10 atom stereocenters. The summed E-state index contributed by atoms with van der Waals surface area (Å²) >= 11 is 0. The summed E-state index contributed by atoms with van der Waals surface area (Å²) < 4.78 is 53.6. The lowest BCUT2D eigenvalue weighted by Crippen LogP contribution is -2.38. The van der Waals surface area contributed by atoms with Gasteiger partial charge in [-0.15, -0.1) is 0 Å². The summed E-state index contributed by atoms with van der Waals surface area (Å²) in [5.41, 5.74) is 8.05. The van der Waals surface area contributed by atoms with Crippen molar-refractivity contribution in [2.45, 2.75) is 200 Å². The van der Waals surface area contributed by atoms with Crippen molar-refractivity contribution in [3.8, 4) is 11.5 Å². The van der Waals surface area contributed by atoms with Crippen LogP contribution < -0.4 is 26.0 Å². The lowest BCUT2D eigenvalue weighted by molar-refractivity contribution is -0.186. The Hall–Kier alpha value is -12.3. The Kier molecular flexibility index (Phi) is 36.6. The van der Waals surface area contributed by atoms with Crippen molar-refractivity contribution in [3.63, 3.8) is 0 Å². The minimum Gasteiger partial charge on any atom is -0.508 e. The molecule has 0 spiro atoms. The highest BCUT2D eigenvalue weighted by molar-refractivity contribution is 6.36. The second-order valence-electron chi connectivity index (χ2n) is 26.3. The number of carbonyl (C=O) groups is 16. The molecular formula is C78H102N8O29. The molecule has 6 rings (SSSR count). The molecule has 2 aliphatic rings. The zero-order valence-electron chi connectivity index (χ0n) is 67.9. The van der Waals surface area contributed by atoms with E-state index in [0.29, 0.717) is 81.5 Å². The normalized spacial score (nSPS) is 15.1. The number of rotatable bonds is 35. The number of aromatic hydroxyl groups is 1. The van der Waals surface area contributed by atoms with Crippen LogP contribution in [0.2, 0.25) is 0 Å². The molecule has 0 bridgehead atoms. The van der Waals surface area contributed by atoms with E-state index in [1.54, 1.807) is 44.2 Å². The van der Waals surface area contributed by atoms with Crippen molar-refractivity contribution >= 4 is 130 Å². The number of nitrogens with zero attached hydrogens (tertiary/aromatic N) is 2. The maximum absolute atomic E-state index is 13.1. The molecule has 115 heavy (non-hydrogen) atoms. The Bertz CT molecular complexity index is 4350. The third kappa shape index (κ3) is 28.1. The number of nitrogens with one attached hydrogen (secondary N) is 6. The monoisotopic (exact) mass is 1610 g/mol. The van der Waals surface area contributed by atoms with Gasteiger partial charge in [-0.25, -0.2) is 47.9 Å². The molecule has 4 heterocycles. The zero-order chi connectivity index (χ0) is 86.7. The van der Waals surface area contributed by atoms with Gasteiger partial charge in [0, 0.05) is 85.3 Å². The summed E-state index contributed by atoms with van der Waals surface area (Å²) in [6, 6.07) is 9.21. The van der Waals surface area contributed by atoms with E-state index in [2.05, 4.69) is 82.9 Å². The zero-order valence-corrected chi connectivity index (χ0v) is 67.9. The van der Waals surface area contributed by atoms with Crippen LogP contribution in [0.1, 0.15) is 177 Å². The summed E-state index contributed by atoms with van der Waals surface area (Å²) in [5.74, 6) is -13.4. The number of aromatic nitrogens is 2. The molecule has 0 unspecified atom stereocenters. The van der Waals surface area contributed by atoms with E-state index in [9.17, 15) is 81.8 Å². The van der Waals surface area contributed by atoms with Gasteiger partial charge in [0.25, 0.3) is 23.6 Å². The predicted molar refractivity (Wildman–Crippen MR) is 408 cm³/mol. The number of aromatic amines is 2. The van der Waals surface area contributed by atoms with E-state index >= 15 is 0 Å². The van der Waals surface area contributed by atoms with Gasteiger partial charge in [0.15, 0.2) is 61.0 Å². The average molecular weight is 1620 g/mol. The third-order valence-electron chi connectivity index (χ3n) is 17.3. The number of ether oxygens (including phenoxy) is 11. The number of anilines is 2. The van der Waals surface area contributed by atoms with Crippen LogP contribution in [0.5, 0.6) is 11.5 Å². The van der Waals surface area contributed by atoms with Crippen LogP contribution in [0.25, 0.3) is 23.3 Å². The number of H-pyrrole nitrogens is 2. The van der Waals surface area contributed by atoms with E-state index in [1.807, 2.05) is 13.8 Å². The van der Waals surface area contributed by atoms with Crippen molar-refractivity contribution < 1.29 is 139 Å². The van der Waals surface area contributed by atoms with Gasteiger partial charge >= 0.3 is 71.6 Å². The van der Waals surface area contributed by atoms with Gasteiger partial charge in [-0.1, -0.05) is 27.7 Å². The Labute approximate surface area is 663 Å². The fraction of sp³-hybridized carbons (Fsp3) is 0.487. The number of esters is 11. The quantitative estimate of drug-likeness (QED) is 0.00935. The van der Waals surface area contributed by atoms with Gasteiger partial charge in [-0.3, -0.25) is 28.8 Å². The number of hydrogen-bond donors (Lipinski definition) is 8. The Morgan fingerprint density at radius 2 is 0.704 bits per heavy atom. The molecule has 0 saturated heterocycles. The van der Waals surface area contributed by atoms with E-state index in [-0.39, 0.29) is 34.8 Å². The van der Waals surface area contributed by atoms with Crippen LogP contribution in [-0.2, 0) is 114 Å². The van der Waals surface area contributed by atoms with Gasteiger partial charge < -0.3 is 103 Å². The molecule has 37 nitrogen and oxygen atoms in total. The van der Waals surface area contributed by atoms with E-state index in [4.69, 9.17) is 43.0 Å². The first kappa shape index (κ1) is 95.1. The number of amides is 4. The van der Waals surface area contributed by atoms with Crippen molar-refractivity contribution in [1.82, 2.24) is 30.4 Å². The number of phenolic OH excluding ortho intramolecular Hbond substituents is 1. The number of aliphatic carboxylic acids is 1. The molecule has 2 aliphatic heterocycles. The number of carboxylic acid groups (broad SMARTS) is 1. The van der Waals surface area contributed by atoms with Gasteiger partial charge in [0.05, 0.1) is 22.3 Å². The maximum Gasteiger partial charge on any atom is 0.352 e. The fourth-order valence-corrected chi connectivity index (χ4v) is 10.8. The first-order valence-corrected chi connectivity index (χ1v) is 36.7. The standard InChI is InChI=1S/C39H50N4O14.C22H28N4O3.C17H24O12/c1-11-43(12-2)16-15-40-34(46)32-19(3)31(41-20(32)4)18-29-28-17-27(13-14-30(28)42-33(29)45)57-39(51)25(9)56-38(50)24(8)55-37(49)23(7)54-36(48)22(6)53-35(47)21(5)52-26(10)44;1-5-26(6-2)10-9-23-22(29)20-13(3)19(24-14(20)4)12-17-16-11-15(27)7-8-18(16)25-21(17)28;1-7(13(19)20)26-15(22)9(3)28-17(24)11(5)29-16(23)10(4)27-14(21)8(2)25-12(6)18/h13-14,17-18,21-25,41H,11-12,15-16H2,1-10H3,(H,40,46)(H,42,45);7-8,11-12,24,27H,5-6,9-10H2,1-4H3,(H,23,29)(H,25,28);7-11H,1-6H3,(H,19,20)/b29-18-;17-12-;/t21-,22-,23-,24-,25-;;7-,8+,9-,10-,11-/m0.1/s1. The summed E-state index contributed by atoms with van der Waals surface area (Å²) in [5, 5.41) is 29.9. The number of carbonyl (C=O) groups excluding carboxylic acids is 15.